The van der Waals surface area contributed by atoms with E-state index in [1.807, 2.05) is 72.9 Å². The van der Waals surface area contributed by atoms with Gasteiger partial charge in [0.05, 0.1) is 10.2 Å². The second-order valence-electron chi connectivity index (χ2n) is 6.97. The van der Waals surface area contributed by atoms with Gasteiger partial charge in [-0.15, -0.1) is 0 Å². The highest BCUT2D eigenvalue weighted by Gasteiger charge is 2.11. The minimum atomic E-state index is -0.0416. The number of fused-ring (bicyclic) bond motifs is 2. The van der Waals surface area contributed by atoms with Gasteiger partial charge in [-0.2, -0.15) is 0 Å². The molecular formula is C24H19N3O2S. The number of amides is 1. The normalized spacial score (nSPS) is 11.1. The van der Waals surface area contributed by atoms with Gasteiger partial charge in [-0.1, -0.05) is 47.7 Å². The van der Waals surface area contributed by atoms with E-state index in [1.165, 1.54) is 11.3 Å². The molecule has 5 aromatic rings. The fraction of sp³-hybridized carbons (Fsp3) is 0.0833. The largest absolute Gasteiger partial charge is 0.457 e. The number of carbonyl (C=O) groups excluding carboxylic acids is 1. The molecule has 6 heteroatoms. The van der Waals surface area contributed by atoms with E-state index in [-0.39, 0.29) is 5.91 Å². The van der Waals surface area contributed by atoms with Crippen molar-refractivity contribution in [1.82, 2.24) is 9.97 Å². The molecule has 0 bridgehead atoms. The van der Waals surface area contributed by atoms with E-state index in [2.05, 4.69) is 21.4 Å². The van der Waals surface area contributed by atoms with Crippen LogP contribution in [-0.2, 0) is 11.2 Å². The summed E-state index contributed by atoms with van der Waals surface area (Å²) in [5, 5.41) is 4.69. The van der Waals surface area contributed by atoms with Crippen molar-refractivity contribution in [3.05, 3.63) is 84.6 Å². The molecular weight excluding hydrogens is 394 g/mol. The Morgan fingerprint density at radius 1 is 1.00 bits per heavy atom. The molecule has 0 aliphatic carbocycles. The topological polar surface area (TPSA) is 67.0 Å². The molecule has 2 aromatic heterocycles. The third kappa shape index (κ3) is 3.90. The zero-order chi connectivity index (χ0) is 20.3. The van der Waals surface area contributed by atoms with Crippen molar-refractivity contribution < 1.29 is 9.53 Å². The summed E-state index contributed by atoms with van der Waals surface area (Å²) in [6, 6.07) is 23.5. The Morgan fingerprint density at radius 3 is 2.73 bits per heavy atom. The number of aromatic amines is 1. The number of hydrogen-bond donors (Lipinski definition) is 2. The molecule has 0 atom stereocenters. The average Bonchev–Trinajstić information content (AvgIpc) is 3.36. The summed E-state index contributed by atoms with van der Waals surface area (Å²) >= 11 is 1.45. The lowest BCUT2D eigenvalue weighted by molar-refractivity contribution is -0.116. The van der Waals surface area contributed by atoms with Crippen molar-refractivity contribution >= 4 is 43.5 Å². The van der Waals surface area contributed by atoms with Gasteiger partial charge >= 0.3 is 0 Å². The van der Waals surface area contributed by atoms with Crippen molar-refractivity contribution in [2.75, 3.05) is 5.32 Å². The van der Waals surface area contributed by atoms with Gasteiger partial charge in [0, 0.05) is 29.6 Å². The quantitative estimate of drug-likeness (QED) is 0.351. The van der Waals surface area contributed by atoms with Crippen LogP contribution >= 0.6 is 11.3 Å². The molecule has 3 aromatic carbocycles. The lowest BCUT2D eigenvalue weighted by Crippen LogP contribution is -2.11. The Balaban J connectivity index is 1.25. The second-order valence-corrected chi connectivity index (χ2v) is 8.00. The molecule has 0 aliphatic heterocycles. The van der Waals surface area contributed by atoms with Crippen molar-refractivity contribution in [3.63, 3.8) is 0 Å². The summed E-state index contributed by atoms with van der Waals surface area (Å²) in [4.78, 5) is 20.2. The zero-order valence-corrected chi connectivity index (χ0v) is 16.9. The minimum absolute atomic E-state index is 0.0416. The molecule has 0 aliphatic rings. The monoisotopic (exact) mass is 413 g/mol. The summed E-state index contributed by atoms with van der Waals surface area (Å²) < 4.78 is 6.85. The molecule has 0 saturated carbocycles. The van der Waals surface area contributed by atoms with Crippen molar-refractivity contribution in [2.45, 2.75) is 12.8 Å². The number of anilines is 1. The smallest absolute Gasteiger partial charge is 0.226 e. The van der Waals surface area contributed by atoms with Gasteiger partial charge in [-0.05, 0) is 42.3 Å². The lowest BCUT2D eigenvalue weighted by atomic mass is 10.1. The number of rotatable bonds is 6. The Hall–Kier alpha value is -3.64. The molecule has 0 fully saturated rings. The van der Waals surface area contributed by atoms with Gasteiger partial charge in [0.25, 0.3) is 0 Å². The maximum Gasteiger partial charge on any atom is 0.226 e. The summed E-state index contributed by atoms with van der Waals surface area (Å²) in [6.07, 6.45) is 3.06. The molecule has 2 N–H and O–H groups in total. The minimum Gasteiger partial charge on any atom is -0.457 e. The number of thiazole rings is 1. The van der Waals surface area contributed by atoms with Crippen LogP contribution < -0.4 is 10.1 Å². The van der Waals surface area contributed by atoms with E-state index in [0.717, 1.165) is 38.2 Å². The van der Waals surface area contributed by atoms with Crippen LogP contribution in [0.4, 0.5) is 5.13 Å². The summed E-state index contributed by atoms with van der Waals surface area (Å²) in [5.41, 5.74) is 3.08. The molecule has 30 heavy (non-hydrogen) atoms. The van der Waals surface area contributed by atoms with Crippen molar-refractivity contribution in [1.29, 1.82) is 0 Å². The highest BCUT2D eigenvalue weighted by atomic mass is 32.1. The summed E-state index contributed by atoms with van der Waals surface area (Å²) in [5.74, 6) is 1.49. The van der Waals surface area contributed by atoms with Gasteiger partial charge in [0.15, 0.2) is 5.13 Å². The van der Waals surface area contributed by atoms with Crippen LogP contribution in [0.2, 0.25) is 0 Å². The standard InChI is InChI=1S/C24H19N3O2S/c28-23(13-10-16-15-25-20-9-5-4-8-19(16)20)27-24-26-21-12-11-18(14-22(21)30-24)29-17-6-2-1-3-7-17/h1-9,11-12,14-15,25H,10,13H2,(H,26,27,28). The highest BCUT2D eigenvalue weighted by molar-refractivity contribution is 7.22. The average molecular weight is 414 g/mol. The van der Waals surface area contributed by atoms with Gasteiger partial charge in [-0.3, -0.25) is 4.79 Å². The van der Waals surface area contributed by atoms with Crippen molar-refractivity contribution in [2.24, 2.45) is 0 Å². The molecule has 148 valence electrons. The Morgan fingerprint density at radius 2 is 1.83 bits per heavy atom. The number of nitrogens with zero attached hydrogens (tertiary/aromatic N) is 1. The first-order chi connectivity index (χ1) is 14.7. The fourth-order valence-corrected chi connectivity index (χ4v) is 4.33. The molecule has 5 rings (SSSR count). The molecule has 1 amide bonds. The Kier molecular flexibility index (Phi) is 4.91. The van der Waals surface area contributed by atoms with E-state index in [4.69, 9.17) is 4.74 Å². The van der Waals surface area contributed by atoms with Crippen LogP contribution in [0.3, 0.4) is 0 Å². The van der Waals surface area contributed by atoms with Crippen molar-refractivity contribution in [3.8, 4) is 11.5 Å². The molecule has 0 spiro atoms. The molecule has 5 nitrogen and oxygen atoms in total. The predicted molar refractivity (Wildman–Crippen MR) is 121 cm³/mol. The maximum absolute atomic E-state index is 12.4. The number of aromatic nitrogens is 2. The fourth-order valence-electron chi connectivity index (χ4n) is 3.41. The lowest BCUT2D eigenvalue weighted by Gasteiger charge is -2.04. The molecule has 0 saturated heterocycles. The first kappa shape index (κ1) is 18.4. The van der Waals surface area contributed by atoms with E-state index in [0.29, 0.717) is 18.0 Å². The van der Waals surface area contributed by atoms with E-state index in [1.54, 1.807) is 0 Å². The van der Waals surface area contributed by atoms with Crippen LogP contribution in [0.15, 0.2) is 79.0 Å². The highest BCUT2D eigenvalue weighted by Crippen LogP contribution is 2.31. The number of carbonyl (C=O) groups is 1. The number of hydrogen-bond acceptors (Lipinski definition) is 4. The van der Waals surface area contributed by atoms with Crippen LogP contribution in [-0.4, -0.2) is 15.9 Å². The number of H-pyrrole nitrogens is 1. The summed E-state index contributed by atoms with van der Waals surface area (Å²) in [7, 11) is 0. The number of para-hydroxylation sites is 2. The molecule has 0 radical (unpaired) electrons. The van der Waals surface area contributed by atoms with Crippen LogP contribution in [0.1, 0.15) is 12.0 Å². The Bertz CT molecular complexity index is 1320. The number of nitrogens with one attached hydrogen (secondary N) is 2. The third-order valence-electron chi connectivity index (χ3n) is 4.88. The first-order valence-electron chi connectivity index (χ1n) is 9.73. The predicted octanol–water partition coefficient (Wildman–Crippen LogP) is 6.14. The SMILES string of the molecule is O=C(CCc1c[nH]c2ccccc12)Nc1nc2ccc(Oc3ccccc3)cc2s1. The first-order valence-corrected chi connectivity index (χ1v) is 10.5. The van der Waals surface area contributed by atoms with Gasteiger partial charge in [-0.25, -0.2) is 4.98 Å². The van der Waals surface area contributed by atoms with E-state index in [9.17, 15) is 4.79 Å². The molecule has 0 unspecified atom stereocenters. The second kappa shape index (κ2) is 8.00. The van der Waals surface area contributed by atoms with Gasteiger partial charge < -0.3 is 15.0 Å². The number of aryl methyl sites for hydroxylation is 1. The Labute approximate surface area is 177 Å². The van der Waals surface area contributed by atoms with E-state index < -0.39 is 0 Å². The number of benzene rings is 3. The molecule has 2 heterocycles. The third-order valence-corrected chi connectivity index (χ3v) is 5.82. The van der Waals surface area contributed by atoms with Gasteiger partial charge in [0.2, 0.25) is 5.91 Å². The van der Waals surface area contributed by atoms with Crippen LogP contribution in [0.5, 0.6) is 11.5 Å². The zero-order valence-electron chi connectivity index (χ0n) is 16.1. The van der Waals surface area contributed by atoms with Crippen LogP contribution in [0, 0.1) is 0 Å². The van der Waals surface area contributed by atoms with Crippen LogP contribution in [0.25, 0.3) is 21.1 Å². The number of ether oxygens (including phenoxy) is 1. The summed E-state index contributed by atoms with van der Waals surface area (Å²) in [6.45, 7) is 0. The maximum atomic E-state index is 12.4. The van der Waals surface area contributed by atoms with Gasteiger partial charge in [0.1, 0.15) is 11.5 Å². The van der Waals surface area contributed by atoms with E-state index >= 15 is 0 Å².